The van der Waals surface area contributed by atoms with E-state index < -0.39 is 16.1 Å². The number of carboxylic acids is 1. The van der Waals surface area contributed by atoms with E-state index in [2.05, 4.69) is 4.98 Å². The molecule has 1 unspecified atom stereocenters. The molecule has 0 fully saturated rings. The molecule has 0 saturated carbocycles. The van der Waals surface area contributed by atoms with E-state index in [0.717, 1.165) is 17.8 Å². The summed E-state index contributed by atoms with van der Waals surface area (Å²) in [7, 11) is 0. The Morgan fingerprint density at radius 3 is 2.88 bits per heavy atom. The Hall–Kier alpha value is -1.34. The SMILES string of the molecule is CC(Sc1ncc(Cl)cc1[N+](=O)[O-])C(=O)O. The zero-order valence-corrected chi connectivity index (χ0v) is 9.66. The third-order valence-corrected chi connectivity index (χ3v) is 2.93. The van der Waals surface area contributed by atoms with E-state index in [-0.39, 0.29) is 15.7 Å². The zero-order valence-electron chi connectivity index (χ0n) is 8.08. The van der Waals surface area contributed by atoms with Crippen molar-refractivity contribution in [3.8, 4) is 0 Å². The normalized spacial score (nSPS) is 12.1. The second-order valence-electron chi connectivity index (χ2n) is 2.83. The molecule has 0 aromatic carbocycles. The van der Waals surface area contributed by atoms with Gasteiger partial charge in [0.1, 0.15) is 5.25 Å². The molecule has 16 heavy (non-hydrogen) atoms. The lowest BCUT2D eigenvalue weighted by Crippen LogP contribution is -2.12. The fourth-order valence-corrected chi connectivity index (χ4v) is 1.81. The Balaban J connectivity index is 3.04. The summed E-state index contributed by atoms with van der Waals surface area (Å²) in [6, 6.07) is 1.14. The molecule has 0 spiro atoms. The van der Waals surface area contributed by atoms with Crippen LogP contribution in [-0.2, 0) is 4.79 Å². The van der Waals surface area contributed by atoms with Gasteiger partial charge in [-0.1, -0.05) is 23.4 Å². The van der Waals surface area contributed by atoms with Gasteiger partial charge in [0.25, 0.3) is 0 Å². The number of halogens is 1. The maximum atomic E-state index is 10.7. The van der Waals surface area contributed by atoms with Crippen LogP contribution >= 0.6 is 23.4 Å². The second kappa shape index (κ2) is 5.13. The van der Waals surface area contributed by atoms with Gasteiger partial charge in [-0.25, -0.2) is 4.98 Å². The standard InChI is InChI=1S/C8H7ClN2O4S/c1-4(8(12)13)16-7-6(11(14)15)2-5(9)3-10-7/h2-4H,1H3,(H,12,13). The molecule has 6 nitrogen and oxygen atoms in total. The van der Waals surface area contributed by atoms with Crippen molar-refractivity contribution in [2.75, 3.05) is 0 Å². The number of carbonyl (C=O) groups is 1. The van der Waals surface area contributed by atoms with Crippen LogP contribution in [0.1, 0.15) is 6.92 Å². The zero-order chi connectivity index (χ0) is 12.3. The van der Waals surface area contributed by atoms with E-state index in [1.54, 1.807) is 0 Å². The average molecular weight is 263 g/mol. The van der Waals surface area contributed by atoms with Gasteiger partial charge in [0.05, 0.1) is 9.95 Å². The Labute approximate surface area is 99.8 Å². The topological polar surface area (TPSA) is 93.3 Å². The van der Waals surface area contributed by atoms with Crippen LogP contribution in [0.3, 0.4) is 0 Å². The van der Waals surface area contributed by atoms with Crippen LogP contribution in [0.2, 0.25) is 5.02 Å². The first-order chi connectivity index (χ1) is 7.41. The molecule has 0 bridgehead atoms. The minimum absolute atomic E-state index is 0.0456. The summed E-state index contributed by atoms with van der Waals surface area (Å²) in [4.78, 5) is 24.4. The summed E-state index contributed by atoms with van der Waals surface area (Å²) in [6.45, 7) is 1.42. The molecule has 1 N–H and O–H groups in total. The van der Waals surface area contributed by atoms with E-state index in [1.165, 1.54) is 13.1 Å². The van der Waals surface area contributed by atoms with Gasteiger partial charge in [-0.05, 0) is 6.92 Å². The minimum atomic E-state index is -1.06. The third kappa shape index (κ3) is 3.07. The van der Waals surface area contributed by atoms with Crippen LogP contribution < -0.4 is 0 Å². The highest BCUT2D eigenvalue weighted by molar-refractivity contribution is 8.00. The Morgan fingerprint density at radius 1 is 1.75 bits per heavy atom. The highest BCUT2D eigenvalue weighted by atomic mass is 35.5. The molecule has 0 aliphatic carbocycles. The summed E-state index contributed by atoms with van der Waals surface area (Å²) in [5.41, 5.74) is -0.286. The van der Waals surface area contributed by atoms with Crippen molar-refractivity contribution in [2.24, 2.45) is 0 Å². The van der Waals surface area contributed by atoms with Crippen molar-refractivity contribution in [3.05, 3.63) is 27.4 Å². The predicted octanol–water partition coefficient (Wildman–Crippen LogP) is 2.21. The smallest absolute Gasteiger partial charge is 0.316 e. The lowest BCUT2D eigenvalue weighted by molar-refractivity contribution is -0.388. The molecule has 1 atom stereocenters. The Morgan fingerprint density at radius 2 is 2.38 bits per heavy atom. The molecular formula is C8H7ClN2O4S. The molecule has 0 saturated heterocycles. The number of rotatable bonds is 4. The molecule has 8 heteroatoms. The molecule has 0 radical (unpaired) electrons. The van der Waals surface area contributed by atoms with Crippen LogP contribution in [0, 0.1) is 10.1 Å². The Bertz CT molecular complexity index is 440. The summed E-state index contributed by atoms with van der Waals surface area (Å²) < 4.78 is 0. The summed E-state index contributed by atoms with van der Waals surface area (Å²) in [5, 5.41) is 18.7. The van der Waals surface area contributed by atoms with Gasteiger partial charge < -0.3 is 5.11 Å². The van der Waals surface area contributed by atoms with Gasteiger partial charge in [-0.2, -0.15) is 0 Å². The van der Waals surface area contributed by atoms with Gasteiger partial charge in [-0.3, -0.25) is 14.9 Å². The van der Waals surface area contributed by atoms with Crippen LogP contribution in [0.25, 0.3) is 0 Å². The van der Waals surface area contributed by atoms with Crippen LogP contribution in [0.15, 0.2) is 17.3 Å². The maximum absolute atomic E-state index is 10.7. The highest BCUT2D eigenvalue weighted by Crippen LogP contribution is 2.31. The van der Waals surface area contributed by atoms with E-state index in [4.69, 9.17) is 16.7 Å². The lowest BCUT2D eigenvalue weighted by Gasteiger charge is -2.05. The quantitative estimate of drug-likeness (QED) is 0.508. The molecule has 1 aromatic heterocycles. The van der Waals surface area contributed by atoms with Gasteiger partial charge in [0, 0.05) is 12.3 Å². The molecule has 1 aromatic rings. The van der Waals surface area contributed by atoms with Crippen LogP contribution in [-0.4, -0.2) is 26.2 Å². The van der Waals surface area contributed by atoms with Crippen molar-refractivity contribution in [1.29, 1.82) is 0 Å². The lowest BCUT2D eigenvalue weighted by atomic mass is 10.4. The van der Waals surface area contributed by atoms with E-state index >= 15 is 0 Å². The van der Waals surface area contributed by atoms with Gasteiger partial charge in [0.15, 0.2) is 5.03 Å². The first-order valence-corrected chi connectivity index (χ1v) is 5.37. The summed E-state index contributed by atoms with van der Waals surface area (Å²) in [6.07, 6.45) is 1.24. The number of pyridine rings is 1. The second-order valence-corrected chi connectivity index (χ2v) is 4.60. The van der Waals surface area contributed by atoms with E-state index in [0.29, 0.717) is 0 Å². The number of hydrogen-bond acceptors (Lipinski definition) is 5. The molecular weight excluding hydrogens is 256 g/mol. The molecule has 1 heterocycles. The predicted molar refractivity (Wildman–Crippen MR) is 58.9 cm³/mol. The number of nitrogens with zero attached hydrogens (tertiary/aromatic N) is 2. The molecule has 1 rings (SSSR count). The fourth-order valence-electron chi connectivity index (χ4n) is 0.855. The van der Waals surface area contributed by atoms with Crippen molar-refractivity contribution in [1.82, 2.24) is 4.98 Å². The molecule has 0 amide bonds. The van der Waals surface area contributed by atoms with Gasteiger partial charge in [0.2, 0.25) is 0 Å². The Kier molecular flexibility index (Phi) is 4.08. The van der Waals surface area contributed by atoms with Crippen LogP contribution in [0.5, 0.6) is 0 Å². The van der Waals surface area contributed by atoms with E-state index in [9.17, 15) is 14.9 Å². The highest BCUT2D eigenvalue weighted by Gasteiger charge is 2.21. The summed E-state index contributed by atoms with van der Waals surface area (Å²) >= 11 is 6.37. The fraction of sp³-hybridized carbons (Fsp3) is 0.250. The third-order valence-electron chi connectivity index (χ3n) is 1.63. The number of carboxylic acid groups (broad SMARTS) is 1. The number of hydrogen-bond donors (Lipinski definition) is 1. The molecule has 86 valence electrons. The number of aliphatic carboxylic acids is 1. The van der Waals surface area contributed by atoms with Crippen LogP contribution in [0.4, 0.5) is 5.69 Å². The first-order valence-electron chi connectivity index (χ1n) is 4.11. The maximum Gasteiger partial charge on any atom is 0.316 e. The van der Waals surface area contributed by atoms with Crippen molar-refractivity contribution >= 4 is 35.0 Å². The first kappa shape index (κ1) is 12.7. The molecule has 0 aliphatic heterocycles. The van der Waals surface area contributed by atoms with Crippen molar-refractivity contribution < 1.29 is 14.8 Å². The number of nitro groups is 1. The van der Waals surface area contributed by atoms with Crippen molar-refractivity contribution in [2.45, 2.75) is 17.2 Å². The average Bonchev–Trinajstić information content (AvgIpc) is 2.20. The monoisotopic (exact) mass is 262 g/mol. The summed E-state index contributed by atoms with van der Waals surface area (Å²) in [5.74, 6) is -1.06. The minimum Gasteiger partial charge on any atom is -0.480 e. The largest absolute Gasteiger partial charge is 0.480 e. The van der Waals surface area contributed by atoms with E-state index in [1.807, 2.05) is 0 Å². The van der Waals surface area contributed by atoms with Crippen molar-refractivity contribution in [3.63, 3.8) is 0 Å². The number of aromatic nitrogens is 1. The number of thioether (sulfide) groups is 1. The van der Waals surface area contributed by atoms with Gasteiger partial charge >= 0.3 is 11.7 Å². The van der Waals surface area contributed by atoms with Gasteiger partial charge in [-0.15, -0.1) is 0 Å². The molecule has 0 aliphatic rings.